The molecule has 0 bridgehead atoms. The Morgan fingerprint density at radius 1 is 1.14 bits per heavy atom. The second-order valence-corrected chi connectivity index (χ2v) is 7.54. The highest BCUT2D eigenvalue weighted by Crippen LogP contribution is 2.33. The molecular formula is C23H26FN3O2. The van der Waals surface area contributed by atoms with Gasteiger partial charge in [0.05, 0.1) is 12.3 Å². The Labute approximate surface area is 170 Å². The first-order chi connectivity index (χ1) is 14.2. The summed E-state index contributed by atoms with van der Waals surface area (Å²) in [4.78, 5) is 19.0. The highest BCUT2D eigenvalue weighted by molar-refractivity contribution is 6.12. The molecule has 5 nitrogen and oxygen atoms in total. The third kappa shape index (κ3) is 4.82. The molecule has 0 aromatic heterocycles. The van der Waals surface area contributed by atoms with Gasteiger partial charge in [0.2, 0.25) is 5.91 Å². The summed E-state index contributed by atoms with van der Waals surface area (Å²) in [5.41, 5.74) is 1.57. The minimum atomic E-state index is -0.711. The van der Waals surface area contributed by atoms with Crippen LogP contribution in [0.25, 0.3) is 0 Å². The zero-order chi connectivity index (χ0) is 20.1. The number of halogens is 1. The van der Waals surface area contributed by atoms with E-state index in [-0.39, 0.29) is 5.91 Å². The van der Waals surface area contributed by atoms with Crippen LogP contribution in [-0.4, -0.2) is 43.3 Å². The largest absolute Gasteiger partial charge is 0.494 e. The zero-order valence-electron chi connectivity index (χ0n) is 16.4. The maximum absolute atomic E-state index is 14.1. The first kappa shape index (κ1) is 19.6. The number of fused-ring (bicyclic) bond motifs is 1. The predicted octanol–water partition coefficient (Wildman–Crippen LogP) is 4.52. The fourth-order valence-corrected chi connectivity index (χ4v) is 3.90. The smallest absolute Gasteiger partial charge is 0.237 e. The van der Waals surface area contributed by atoms with Crippen molar-refractivity contribution >= 4 is 23.5 Å². The van der Waals surface area contributed by atoms with Crippen LogP contribution in [0.1, 0.15) is 37.2 Å². The van der Waals surface area contributed by atoms with Gasteiger partial charge in [0, 0.05) is 24.0 Å². The Bertz CT molecular complexity index is 876. The molecule has 0 radical (unpaired) electrons. The summed E-state index contributed by atoms with van der Waals surface area (Å²) >= 11 is 0. The third-order valence-electron chi connectivity index (χ3n) is 5.45. The van der Waals surface area contributed by atoms with Gasteiger partial charge in [-0.05, 0) is 68.8 Å². The average molecular weight is 395 g/mol. The van der Waals surface area contributed by atoms with E-state index in [0.29, 0.717) is 23.5 Å². The number of carbonyl (C=O) groups excluding carboxylic acids is 1. The summed E-state index contributed by atoms with van der Waals surface area (Å²) in [5, 5.41) is 2.69. The second kappa shape index (κ2) is 9.18. The molecule has 0 aliphatic carbocycles. The van der Waals surface area contributed by atoms with Gasteiger partial charge in [-0.1, -0.05) is 12.5 Å². The summed E-state index contributed by atoms with van der Waals surface area (Å²) in [6.45, 7) is 4.20. The van der Waals surface area contributed by atoms with Crippen molar-refractivity contribution in [2.75, 3.05) is 31.6 Å². The van der Waals surface area contributed by atoms with Gasteiger partial charge in [-0.2, -0.15) is 0 Å². The van der Waals surface area contributed by atoms with Gasteiger partial charge in [-0.25, -0.2) is 4.39 Å². The van der Waals surface area contributed by atoms with Gasteiger partial charge in [-0.3, -0.25) is 9.79 Å². The molecule has 2 aliphatic heterocycles. The number of ether oxygens (including phenoxy) is 1. The van der Waals surface area contributed by atoms with Crippen LogP contribution in [0.15, 0.2) is 47.5 Å². The number of nitrogens with one attached hydrogen (secondary N) is 1. The number of hydrogen-bond donors (Lipinski definition) is 1. The first-order valence-electron chi connectivity index (χ1n) is 10.3. The minimum Gasteiger partial charge on any atom is -0.494 e. The first-order valence-corrected chi connectivity index (χ1v) is 10.3. The van der Waals surface area contributed by atoms with Crippen LogP contribution < -0.4 is 10.1 Å². The van der Waals surface area contributed by atoms with Gasteiger partial charge in [0.25, 0.3) is 0 Å². The molecule has 152 valence electrons. The lowest BCUT2D eigenvalue weighted by molar-refractivity contribution is -0.115. The van der Waals surface area contributed by atoms with Crippen molar-refractivity contribution < 1.29 is 13.9 Å². The van der Waals surface area contributed by atoms with Crippen LogP contribution in [0.5, 0.6) is 5.75 Å². The molecule has 2 heterocycles. The van der Waals surface area contributed by atoms with Gasteiger partial charge in [-0.15, -0.1) is 0 Å². The summed E-state index contributed by atoms with van der Waals surface area (Å²) in [6.07, 6.45) is 6.49. The average Bonchev–Trinajstić information content (AvgIpc) is 3.07. The van der Waals surface area contributed by atoms with Crippen LogP contribution in [0.3, 0.4) is 0 Å². The van der Waals surface area contributed by atoms with Gasteiger partial charge < -0.3 is 15.0 Å². The van der Waals surface area contributed by atoms with Gasteiger partial charge in [0.1, 0.15) is 17.5 Å². The fourth-order valence-electron chi connectivity index (χ4n) is 3.90. The molecule has 0 spiro atoms. The number of piperidine rings is 1. The molecule has 1 saturated heterocycles. The standard InChI is InChI=1S/C23H26FN3O2/c24-20-6-4-7-21-22(20)19(23(28)26-21)16-25-17-8-10-18(11-9-17)29-15-5-14-27-12-2-1-3-13-27/h4,6-11,16,19H,1-3,5,12-15H2,(H,26,28). The summed E-state index contributed by atoms with van der Waals surface area (Å²) < 4.78 is 19.9. The number of anilines is 1. The van der Waals surface area contributed by atoms with Crippen LogP contribution in [0.4, 0.5) is 15.8 Å². The lowest BCUT2D eigenvalue weighted by atomic mass is 10.0. The molecule has 6 heteroatoms. The van der Waals surface area contributed by atoms with E-state index in [0.717, 1.165) is 18.7 Å². The number of aliphatic imine (C=N–C) groups is 1. The van der Waals surface area contributed by atoms with E-state index >= 15 is 0 Å². The van der Waals surface area contributed by atoms with Crippen molar-refractivity contribution in [2.24, 2.45) is 4.99 Å². The molecule has 4 rings (SSSR count). The van der Waals surface area contributed by atoms with Gasteiger partial charge >= 0.3 is 0 Å². The number of amides is 1. The topological polar surface area (TPSA) is 53.9 Å². The molecular weight excluding hydrogens is 369 g/mol. The van der Waals surface area contributed by atoms with E-state index in [1.165, 1.54) is 44.6 Å². The Hall–Kier alpha value is -2.73. The quantitative estimate of drug-likeness (QED) is 0.554. The van der Waals surface area contributed by atoms with Crippen molar-refractivity contribution in [3.05, 3.63) is 53.8 Å². The van der Waals surface area contributed by atoms with Crippen molar-refractivity contribution in [2.45, 2.75) is 31.6 Å². The molecule has 1 fully saturated rings. The molecule has 1 atom stereocenters. The lowest BCUT2D eigenvalue weighted by Crippen LogP contribution is -2.31. The number of likely N-dealkylation sites (tertiary alicyclic amines) is 1. The third-order valence-corrected chi connectivity index (χ3v) is 5.45. The maximum Gasteiger partial charge on any atom is 0.237 e. The van der Waals surface area contributed by atoms with E-state index < -0.39 is 11.7 Å². The van der Waals surface area contributed by atoms with E-state index in [2.05, 4.69) is 15.2 Å². The Morgan fingerprint density at radius 3 is 2.72 bits per heavy atom. The van der Waals surface area contributed by atoms with E-state index in [1.54, 1.807) is 12.1 Å². The Balaban J connectivity index is 1.29. The Morgan fingerprint density at radius 2 is 1.93 bits per heavy atom. The number of rotatable bonds is 7. The number of nitrogens with zero attached hydrogens (tertiary/aromatic N) is 2. The number of benzene rings is 2. The summed E-state index contributed by atoms with van der Waals surface area (Å²) in [6, 6.07) is 12.1. The molecule has 2 aliphatic rings. The van der Waals surface area contributed by atoms with E-state index in [9.17, 15) is 9.18 Å². The normalized spacial score (nSPS) is 19.3. The summed E-state index contributed by atoms with van der Waals surface area (Å²) in [5.74, 6) is -0.567. The van der Waals surface area contributed by atoms with E-state index in [4.69, 9.17) is 4.74 Å². The monoisotopic (exact) mass is 395 g/mol. The molecule has 1 N–H and O–H groups in total. The number of carbonyl (C=O) groups is 1. The SMILES string of the molecule is O=C1Nc2cccc(F)c2C1C=Nc1ccc(OCCCN2CCCCC2)cc1. The van der Waals surface area contributed by atoms with Crippen LogP contribution in [0.2, 0.25) is 0 Å². The van der Waals surface area contributed by atoms with E-state index in [1.807, 2.05) is 24.3 Å². The minimum absolute atomic E-state index is 0.262. The highest BCUT2D eigenvalue weighted by Gasteiger charge is 2.31. The molecule has 0 saturated carbocycles. The molecule has 1 amide bonds. The van der Waals surface area contributed by atoms with Gasteiger partial charge in [0.15, 0.2) is 0 Å². The van der Waals surface area contributed by atoms with Crippen molar-refractivity contribution in [3.63, 3.8) is 0 Å². The number of hydrogen-bond acceptors (Lipinski definition) is 4. The van der Waals surface area contributed by atoms with Crippen LogP contribution in [-0.2, 0) is 4.79 Å². The second-order valence-electron chi connectivity index (χ2n) is 7.54. The lowest BCUT2D eigenvalue weighted by Gasteiger charge is -2.26. The molecule has 1 unspecified atom stereocenters. The maximum atomic E-state index is 14.1. The summed E-state index contributed by atoms with van der Waals surface area (Å²) in [7, 11) is 0. The fraction of sp³-hybridized carbons (Fsp3) is 0.391. The van der Waals surface area contributed by atoms with Crippen molar-refractivity contribution in [1.82, 2.24) is 4.90 Å². The van der Waals surface area contributed by atoms with Crippen LogP contribution >= 0.6 is 0 Å². The Kier molecular flexibility index (Phi) is 6.20. The molecule has 29 heavy (non-hydrogen) atoms. The zero-order valence-corrected chi connectivity index (χ0v) is 16.4. The highest BCUT2D eigenvalue weighted by atomic mass is 19.1. The van der Waals surface area contributed by atoms with Crippen molar-refractivity contribution in [1.29, 1.82) is 0 Å². The van der Waals surface area contributed by atoms with Crippen molar-refractivity contribution in [3.8, 4) is 5.75 Å². The molecule has 2 aromatic rings. The van der Waals surface area contributed by atoms with Crippen LogP contribution in [0, 0.1) is 5.82 Å². The predicted molar refractivity (Wildman–Crippen MR) is 113 cm³/mol. The molecule has 2 aromatic carbocycles.